The molecular weight excluding hydrogens is 262 g/mol. The Hall–Kier alpha value is -1.89. The monoisotopic (exact) mass is 281 g/mol. The third-order valence-electron chi connectivity index (χ3n) is 3.33. The van der Waals surface area contributed by atoms with E-state index in [1.807, 2.05) is 0 Å². The summed E-state index contributed by atoms with van der Waals surface area (Å²) in [4.78, 5) is 22.3. The minimum atomic E-state index is -0.967. The molecular formula is C13H19N3O4. The summed E-state index contributed by atoms with van der Waals surface area (Å²) in [6.45, 7) is 1.36. The number of nitrogens with one attached hydrogen (secondary N) is 1. The van der Waals surface area contributed by atoms with Gasteiger partial charge in [-0.3, -0.25) is 14.3 Å². The summed E-state index contributed by atoms with van der Waals surface area (Å²) in [6, 6.07) is 1.59. The van der Waals surface area contributed by atoms with Crippen molar-refractivity contribution >= 4 is 17.7 Å². The molecule has 1 aromatic rings. The quantitative estimate of drug-likeness (QED) is 0.814. The highest BCUT2D eigenvalue weighted by atomic mass is 16.5. The van der Waals surface area contributed by atoms with Crippen LogP contribution >= 0.6 is 0 Å². The number of carboxylic acids is 1. The van der Waals surface area contributed by atoms with Crippen molar-refractivity contribution in [3.8, 4) is 0 Å². The Morgan fingerprint density at radius 2 is 2.20 bits per heavy atom. The summed E-state index contributed by atoms with van der Waals surface area (Å²) in [5.41, 5.74) is 0. The zero-order valence-electron chi connectivity index (χ0n) is 11.2. The number of anilines is 1. The van der Waals surface area contributed by atoms with Crippen LogP contribution in [0.5, 0.6) is 0 Å². The molecule has 20 heavy (non-hydrogen) atoms. The first-order valence-electron chi connectivity index (χ1n) is 6.76. The highest BCUT2D eigenvalue weighted by Gasteiger charge is 2.15. The lowest BCUT2D eigenvalue weighted by molar-refractivity contribution is -0.137. The van der Waals surface area contributed by atoms with Crippen molar-refractivity contribution < 1.29 is 19.4 Å². The van der Waals surface area contributed by atoms with E-state index in [1.54, 1.807) is 6.07 Å². The molecule has 2 N–H and O–H groups in total. The number of carbonyl (C=O) groups excluding carboxylic acids is 1. The molecule has 0 bridgehead atoms. The molecule has 0 aliphatic carbocycles. The van der Waals surface area contributed by atoms with Crippen molar-refractivity contribution in [1.29, 1.82) is 0 Å². The van der Waals surface area contributed by atoms with Crippen LogP contribution in [0.2, 0.25) is 0 Å². The van der Waals surface area contributed by atoms with Gasteiger partial charge in [0.25, 0.3) is 0 Å². The second-order valence-corrected chi connectivity index (χ2v) is 4.93. The summed E-state index contributed by atoms with van der Waals surface area (Å²) in [6.07, 6.45) is 4.87. The minimum Gasteiger partial charge on any atom is -0.480 e. The van der Waals surface area contributed by atoms with E-state index in [9.17, 15) is 9.59 Å². The maximum Gasteiger partial charge on any atom is 0.325 e. The van der Waals surface area contributed by atoms with Gasteiger partial charge in [-0.15, -0.1) is 0 Å². The average molecular weight is 281 g/mol. The molecule has 0 aromatic carbocycles. The molecule has 1 aromatic heterocycles. The van der Waals surface area contributed by atoms with Crippen LogP contribution in [0, 0.1) is 5.92 Å². The molecule has 1 aliphatic rings. The second kappa shape index (κ2) is 7.04. The summed E-state index contributed by atoms with van der Waals surface area (Å²) in [5.74, 6) is -0.107. The number of hydrogen-bond donors (Lipinski definition) is 2. The summed E-state index contributed by atoms with van der Waals surface area (Å²) >= 11 is 0. The van der Waals surface area contributed by atoms with Crippen molar-refractivity contribution in [2.24, 2.45) is 5.92 Å². The van der Waals surface area contributed by atoms with E-state index in [0.29, 0.717) is 18.2 Å². The molecule has 1 fully saturated rings. The first-order valence-corrected chi connectivity index (χ1v) is 6.76. The Morgan fingerprint density at radius 3 is 2.90 bits per heavy atom. The van der Waals surface area contributed by atoms with Crippen molar-refractivity contribution in [3.63, 3.8) is 0 Å². The molecule has 0 radical (unpaired) electrons. The van der Waals surface area contributed by atoms with Gasteiger partial charge in [0.2, 0.25) is 5.91 Å². The Bertz CT molecular complexity index is 466. The van der Waals surface area contributed by atoms with Gasteiger partial charge in [-0.2, -0.15) is 5.10 Å². The van der Waals surface area contributed by atoms with Gasteiger partial charge in [-0.25, -0.2) is 0 Å². The van der Waals surface area contributed by atoms with Gasteiger partial charge in [0.1, 0.15) is 6.54 Å². The van der Waals surface area contributed by atoms with Crippen LogP contribution in [0.1, 0.15) is 25.7 Å². The molecule has 2 heterocycles. The highest BCUT2D eigenvalue weighted by molar-refractivity contribution is 5.89. The minimum absolute atomic E-state index is 0.0860. The third kappa shape index (κ3) is 4.65. The molecule has 1 saturated heterocycles. The normalized spacial score (nSPS) is 16.0. The molecule has 1 aliphatic heterocycles. The molecule has 0 atom stereocenters. The van der Waals surface area contributed by atoms with E-state index in [4.69, 9.17) is 9.84 Å². The van der Waals surface area contributed by atoms with E-state index in [-0.39, 0.29) is 12.5 Å². The Kier molecular flexibility index (Phi) is 5.11. The number of carbonyl (C=O) groups is 2. The van der Waals surface area contributed by atoms with Crippen molar-refractivity contribution in [2.45, 2.75) is 32.2 Å². The van der Waals surface area contributed by atoms with E-state index in [2.05, 4.69) is 10.4 Å². The van der Waals surface area contributed by atoms with Crippen LogP contribution in [0.15, 0.2) is 12.3 Å². The lowest BCUT2D eigenvalue weighted by Crippen LogP contribution is -2.19. The molecule has 0 spiro atoms. The maximum absolute atomic E-state index is 11.8. The lowest BCUT2D eigenvalue weighted by Gasteiger charge is -2.21. The molecule has 0 unspecified atom stereocenters. The summed E-state index contributed by atoms with van der Waals surface area (Å²) < 4.78 is 6.55. The maximum atomic E-state index is 11.8. The summed E-state index contributed by atoms with van der Waals surface area (Å²) in [7, 11) is 0. The van der Waals surface area contributed by atoms with Crippen LogP contribution in [-0.2, 0) is 20.9 Å². The van der Waals surface area contributed by atoms with Crippen LogP contribution in [0.4, 0.5) is 5.82 Å². The van der Waals surface area contributed by atoms with Gasteiger partial charge in [0, 0.05) is 31.9 Å². The largest absolute Gasteiger partial charge is 0.480 e. The highest BCUT2D eigenvalue weighted by Crippen LogP contribution is 2.20. The summed E-state index contributed by atoms with van der Waals surface area (Å²) in [5, 5.41) is 15.3. The SMILES string of the molecule is O=C(O)Cn1ccc(NC(=O)CCC2CCOCC2)n1. The number of aromatic nitrogens is 2. The van der Waals surface area contributed by atoms with Gasteiger partial charge in [0.05, 0.1) is 0 Å². The van der Waals surface area contributed by atoms with Gasteiger partial charge in [0.15, 0.2) is 5.82 Å². The molecule has 0 saturated carbocycles. The van der Waals surface area contributed by atoms with Crippen molar-refractivity contribution in [2.75, 3.05) is 18.5 Å². The van der Waals surface area contributed by atoms with Gasteiger partial charge in [-0.1, -0.05) is 0 Å². The number of aliphatic carboxylic acids is 1. The molecule has 2 rings (SSSR count). The Labute approximate surface area is 116 Å². The van der Waals surface area contributed by atoms with Crippen LogP contribution < -0.4 is 5.32 Å². The topological polar surface area (TPSA) is 93.5 Å². The number of amides is 1. The third-order valence-corrected chi connectivity index (χ3v) is 3.33. The van der Waals surface area contributed by atoms with Crippen LogP contribution in [0.3, 0.4) is 0 Å². The molecule has 1 amide bonds. The predicted octanol–water partition coefficient (Wildman–Crippen LogP) is 1.11. The second-order valence-electron chi connectivity index (χ2n) is 4.93. The Morgan fingerprint density at radius 1 is 1.45 bits per heavy atom. The smallest absolute Gasteiger partial charge is 0.325 e. The Balaban J connectivity index is 1.73. The fourth-order valence-corrected chi connectivity index (χ4v) is 2.23. The van der Waals surface area contributed by atoms with E-state index >= 15 is 0 Å². The average Bonchev–Trinajstić information content (AvgIpc) is 2.84. The number of hydrogen-bond acceptors (Lipinski definition) is 4. The lowest BCUT2D eigenvalue weighted by atomic mass is 9.95. The first kappa shape index (κ1) is 14.5. The first-order chi connectivity index (χ1) is 9.63. The molecule has 110 valence electrons. The fraction of sp³-hybridized carbons (Fsp3) is 0.615. The van der Waals surface area contributed by atoms with E-state index in [1.165, 1.54) is 10.9 Å². The van der Waals surface area contributed by atoms with Crippen LogP contribution in [0.25, 0.3) is 0 Å². The zero-order chi connectivity index (χ0) is 14.4. The van der Waals surface area contributed by atoms with Gasteiger partial charge < -0.3 is 15.2 Å². The number of rotatable bonds is 6. The van der Waals surface area contributed by atoms with E-state index < -0.39 is 5.97 Å². The fourth-order valence-electron chi connectivity index (χ4n) is 2.23. The van der Waals surface area contributed by atoms with Gasteiger partial charge in [-0.05, 0) is 25.2 Å². The molecule has 7 nitrogen and oxygen atoms in total. The number of ether oxygens (including phenoxy) is 1. The molecule has 7 heteroatoms. The number of carboxylic acid groups (broad SMARTS) is 1. The number of nitrogens with zero attached hydrogens (tertiary/aromatic N) is 2. The van der Waals surface area contributed by atoms with Crippen molar-refractivity contribution in [1.82, 2.24) is 9.78 Å². The van der Waals surface area contributed by atoms with E-state index in [0.717, 1.165) is 32.5 Å². The zero-order valence-corrected chi connectivity index (χ0v) is 11.2. The van der Waals surface area contributed by atoms with Gasteiger partial charge >= 0.3 is 5.97 Å². The van der Waals surface area contributed by atoms with Crippen LogP contribution in [-0.4, -0.2) is 40.0 Å². The van der Waals surface area contributed by atoms with Crippen molar-refractivity contribution in [3.05, 3.63) is 12.3 Å². The standard InChI is InChI=1S/C13H19N3O4/c17-12(2-1-10-4-7-20-8-5-10)14-11-3-6-16(15-11)9-13(18)19/h3,6,10H,1-2,4-5,7-9H2,(H,18,19)(H,14,15,17). The predicted molar refractivity (Wildman–Crippen MR) is 71.3 cm³/mol.